The third kappa shape index (κ3) is 24.9. The van der Waals surface area contributed by atoms with Crippen molar-refractivity contribution in [3.63, 3.8) is 0 Å². The molecule has 7 saturated heterocycles. The third-order valence-electron chi connectivity index (χ3n) is 18.8. The van der Waals surface area contributed by atoms with Gasteiger partial charge in [0.15, 0.2) is 12.6 Å². The van der Waals surface area contributed by atoms with Crippen molar-refractivity contribution in [2.45, 2.75) is 56.3 Å². The van der Waals surface area contributed by atoms with Crippen molar-refractivity contribution in [1.29, 1.82) is 0 Å². The molecule has 0 radical (unpaired) electrons. The van der Waals surface area contributed by atoms with E-state index in [1.807, 2.05) is 11.8 Å². The Morgan fingerprint density at radius 1 is 0.438 bits per heavy atom. The van der Waals surface area contributed by atoms with Crippen LogP contribution in [0.1, 0.15) is 19.3 Å². The molecule has 9 atom stereocenters. The average molecular weight is 1290 g/mol. The number of carbonyl (C=O) groups is 4. The maximum absolute atomic E-state index is 12.6. The summed E-state index contributed by atoms with van der Waals surface area (Å²) in [7, 11) is 4.23. The summed E-state index contributed by atoms with van der Waals surface area (Å²) in [6.07, 6.45) is -2.33. The van der Waals surface area contributed by atoms with E-state index in [1.54, 1.807) is 14.7 Å². The molecule has 514 valence electrons. The number of amides is 3. The first kappa shape index (κ1) is 73.8. The maximum atomic E-state index is 12.6. The largest absolute Gasteiger partial charge is 0.469 e. The number of hydrogen-bond donors (Lipinski definition) is 6. The van der Waals surface area contributed by atoms with Crippen LogP contribution in [-0.4, -0.2) is 428 Å². The van der Waals surface area contributed by atoms with Gasteiger partial charge in [-0.05, 0) is 6.26 Å². The molecular formula is C60H111N11O17S. The Balaban J connectivity index is 0.920. The van der Waals surface area contributed by atoms with Gasteiger partial charge in [0.1, 0.15) is 0 Å². The number of aliphatic hydroxyl groups is 6. The Morgan fingerprint density at radius 3 is 1.03 bits per heavy atom. The second-order valence-electron chi connectivity index (χ2n) is 25.9. The molecular weight excluding hydrogens is 1180 g/mol. The first-order chi connectivity index (χ1) is 42.9. The van der Waals surface area contributed by atoms with Gasteiger partial charge in [-0.25, -0.2) is 0 Å². The quantitative estimate of drug-likeness (QED) is 0.0247. The Bertz CT molecular complexity index is 1980. The summed E-state index contributed by atoms with van der Waals surface area (Å²) < 4.78 is 40.6. The van der Waals surface area contributed by atoms with E-state index in [0.29, 0.717) is 98.2 Å². The molecule has 0 aromatic heterocycles. The summed E-state index contributed by atoms with van der Waals surface area (Å²) in [4.78, 5) is 73.5. The minimum Gasteiger partial charge on any atom is -0.469 e. The van der Waals surface area contributed by atoms with Crippen LogP contribution in [0.15, 0.2) is 0 Å². The van der Waals surface area contributed by atoms with Gasteiger partial charge in [-0.2, -0.15) is 11.8 Å². The smallest absolute Gasteiger partial charge is 0.310 e. The van der Waals surface area contributed by atoms with Crippen LogP contribution in [0, 0.1) is 23.2 Å². The number of nitrogens with zero attached hydrogens (tertiary/aromatic N) is 11. The van der Waals surface area contributed by atoms with Crippen LogP contribution in [0.2, 0.25) is 0 Å². The molecule has 6 N–H and O–H groups in total. The molecule has 29 heteroatoms. The fourth-order valence-corrected chi connectivity index (χ4v) is 13.6. The minimum absolute atomic E-state index is 0.00669. The van der Waals surface area contributed by atoms with Crippen molar-refractivity contribution < 1.29 is 83.0 Å². The number of likely N-dealkylation sites (tertiary alicyclic amines) is 3. The Morgan fingerprint density at radius 2 is 0.730 bits per heavy atom. The van der Waals surface area contributed by atoms with Gasteiger partial charge in [-0.15, -0.1) is 0 Å². The van der Waals surface area contributed by atoms with Crippen LogP contribution < -0.4 is 0 Å². The van der Waals surface area contributed by atoms with E-state index in [9.17, 15) is 49.8 Å². The third-order valence-corrected chi connectivity index (χ3v) is 19.4. The fraction of sp³-hybridized carbons (Fsp3) is 0.933. The zero-order chi connectivity index (χ0) is 63.7. The zero-order valence-electron chi connectivity index (χ0n) is 53.9. The van der Waals surface area contributed by atoms with E-state index in [2.05, 4.69) is 45.5 Å². The number of methoxy groups -OCH3 is 3. The summed E-state index contributed by atoms with van der Waals surface area (Å²) in [6, 6.07) is 0. The molecule has 0 aromatic rings. The van der Waals surface area contributed by atoms with Crippen molar-refractivity contribution >= 4 is 35.5 Å². The first-order valence-corrected chi connectivity index (χ1v) is 34.0. The second kappa shape index (κ2) is 38.7. The van der Waals surface area contributed by atoms with E-state index >= 15 is 0 Å². The van der Waals surface area contributed by atoms with Gasteiger partial charge in [-0.1, -0.05) is 0 Å². The van der Waals surface area contributed by atoms with Gasteiger partial charge < -0.3 is 78.5 Å². The molecule has 7 rings (SSSR count). The Hall–Kier alpha value is -2.57. The van der Waals surface area contributed by atoms with E-state index < -0.39 is 48.3 Å². The molecule has 3 amide bonds. The van der Waals surface area contributed by atoms with Gasteiger partial charge in [0, 0.05) is 247 Å². The predicted octanol–water partition coefficient (Wildman–Crippen LogP) is -5.04. The van der Waals surface area contributed by atoms with E-state index in [-0.39, 0.29) is 108 Å². The first-order valence-electron chi connectivity index (χ1n) is 32.6. The lowest BCUT2D eigenvalue weighted by Gasteiger charge is -2.37. The Labute approximate surface area is 532 Å². The van der Waals surface area contributed by atoms with Crippen LogP contribution in [0.4, 0.5) is 0 Å². The highest BCUT2D eigenvalue weighted by Crippen LogP contribution is 2.26. The van der Waals surface area contributed by atoms with Crippen LogP contribution in [-0.2, 0) is 52.3 Å². The molecule has 0 bridgehead atoms. The molecule has 0 aliphatic carbocycles. The average Bonchev–Trinajstić information content (AvgIpc) is 3.18. The zero-order valence-corrected chi connectivity index (χ0v) is 54.7. The van der Waals surface area contributed by atoms with Crippen LogP contribution in [0.3, 0.4) is 0 Å². The van der Waals surface area contributed by atoms with Crippen molar-refractivity contribution in [3.05, 3.63) is 0 Å². The molecule has 89 heavy (non-hydrogen) atoms. The molecule has 7 fully saturated rings. The van der Waals surface area contributed by atoms with Gasteiger partial charge in [-0.3, -0.25) is 58.4 Å². The summed E-state index contributed by atoms with van der Waals surface area (Å²) in [6.45, 7) is 20.6. The lowest BCUT2D eigenvalue weighted by Crippen LogP contribution is -2.51. The van der Waals surface area contributed by atoms with Crippen molar-refractivity contribution in [2.75, 3.05) is 283 Å². The van der Waals surface area contributed by atoms with Gasteiger partial charge >= 0.3 is 5.97 Å². The summed E-state index contributed by atoms with van der Waals surface area (Å²) in [5, 5.41) is 66.0. The number of β-amino-alcohol motifs (C(OH)–C–C–N with tert-alkyl or cyclic N) is 4. The summed E-state index contributed by atoms with van der Waals surface area (Å²) in [5.74, 6) is -0.149. The number of hydrogen-bond acceptors (Lipinski definition) is 26. The molecule has 0 aromatic carbocycles. The second-order valence-corrected chi connectivity index (χ2v) is 26.8. The summed E-state index contributed by atoms with van der Waals surface area (Å²) in [5.41, 5.74) is -0.991. The lowest BCUT2D eigenvalue weighted by atomic mass is 9.92. The minimum atomic E-state index is -0.991. The van der Waals surface area contributed by atoms with Crippen LogP contribution in [0.5, 0.6) is 0 Å². The normalized spacial score (nSPS) is 25.9. The highest BCUT2D eigenvalue weighted by atomic mass is 32.2. The number of rotatable bonds is 41. The highest BCUT2D eigenvalue weighted by Gasteiger charge is 2.39. The SMILES string of the molecule is COC(=O)C1CC(=O)N(CCN2CCN(CC(O)COCC(COCC(O)CN3CCN(CCSC)CC3)(COCC(O)CN3CCN(CCN4CC(C(O)OC)CC4=O)CC3)COCC(O)CN3CCN(CCN4CC(C(O)OC)CC4=O)CC3)CC2)C1. The summed E-state index contributed by atoms with van der Waals surface area (Å²) >= 11 is 1.84. The van der Waals surface area contributed by atoms with Crippen LogP contribution in [0.25, 0.3) is 0 Å². The molecule has 0 spiro atoms. The van der Waals surface area contributed by atoms with E-state index in [1.165, 1.54) is 21.3 Å². The van der Waals surface area contributed by atoms with Crippen molar-refractivity contribution in [2.24, 2.45) is 23.2 Å². The van der Waals surface area contributed by atoms with Crippen molar-refractivity contribution in [3.8, 4) is 0 Å². The van der Waals surface area contributed by atoms with E-state index in [0.717, 1.165) is 104 Å². The van der Waals surface area contributed by atoms with Gasteiger partial charge in [0.25, 0.3) is 0 Å². The van der Waals surface area contributed by atoms with Crippen LogP contribution >= 0.6 is 11.8 Å². The van der Waals surface area contributed by atoms with E-state index in [4.69, 9.17) is 33.2 Å². The number of esters is 1. The maximum Gasteiger partial charge on any atom is 0.310 e. The number of piperazine rings is 4. The van der Waals surface area contributed by atoms with Gasteiger partial charge in [0.2, 0.25) is 17.7 Å². The fourth-order valence-electron chi connectivity index (χ4n) is 13.2. The number of thioether (sulfide) groups is 1. The topological polar surface area (TPSA) is 290 Å². The van der Waals surface area contributed by atoms with Gasteiger partial charge in [0.05, 0.1) is 95.7 Å². The predicted molar refractivity (Wildman–Crippen MR) is 332 cm³/mol. The van der Waals surface area contributed by atoms with Crippen molar-refractivity contribution in [1.82, 2.24) is 53.9 Å². The molecule has 28 nitrogen and oxygen atoms in total. The molecule has 7 aliphatic rings. The lowest BCUT2D eigenvalue weighted by molar-refractivity contribution is -0.145. The highest BCUT2D eigenvalue weighted by molar-refractivity contribution is 7.98. The molecule has 7 aliphatic heterocycles. The number of carbonyl (C=O) groups excluding carboxylic acids is 4. The molecule has 9 unspecified atom stereocenters. The standard InChI is InChI=1S/C60H111N11O17S/c1-82-57(79)47-29-54(76)69(32-47)24-21-61-5-13-65(14-6-61)35-50(72)39-85-43-60(46-88-42-53(75)38-68-19-11-64(12-20-68)27-28-89-4,44-86-40-51(73)36-66-15-7-62(8-16-66)22-25-70-33-48(30-55(70)77)58(80)83-2)45-87-41-52(74)37-67-17-9-63(10-18-67)23-26-71-34-49(31-56(71)78)59(81)84-3/h47-53,57-58,72-75,79-80H,5-46H2,1-4H3. The molecule has 0 saturated carbocycles. The number of ether oxygens (including phenoxy) is 7. The number of aliphatic hydroxyl groups excluding tert-OH is 6. The molecule has 7 heterocycles. The monoisotopic (exact) mass is 1290 g/mol. The Kier molecular flexibility index (Phi) is 32.1.